The number of aromatic nitrogens is 1. The number of benzene rings is 1. The first-order valence-corrected chi connectivity index (χ1v) is 9.71. The number of hydrogen-bond acceptors (Lipinski definition) is 5. The van der Waals surface area contributed by atoms with E-state index in [1.54, 1.807) is 0 Å². The predicted octanol–water partition coefficient (Wildman–Crippen LogP) is 3.31. The Morgan fingerprint density at radius 2 is 2.12 bits per heavy atom. The zero-order valence-electron chi connectivity index (χ0n) is 15.0. The van der Waals surface area contributed by atoms with Gasteiger partial charge in [0.05, 0.1) is 12.3 Å². The van der Waals surface area contributed by atoms with Gasteiger partial charge in [0.1, 0.15) is 5.75 Å². The van der Waals surface area contributed by atoms with E-state index >= 15 is 0 Å². The van der Waals surface area contributed by atoms with Crippen LogP contribution in [0.25, 0.3) is 11.3 Å². The third kappa shape index (κ3) is 4.60. The van der Waals surface area contributed by atoms with Crippen LogP contribution in [0.2, 0.25) is 0 Å². The maximum atomic E-state index is 12.0. The van der Waals surface area contributed by atoms with Gasteiger partial charge in [-0.05, 0) is 31.4 Å². The number of ether oxygens (including phenoxy) is 1. The maximum Gasteiger partial charge on any atom is 0.227 e. The largest absolute Gasteiger partial charge is 0.493 e. The standard InChI is InChI=1S/C19H23N3O3S/c1-3-25-16-7-5-4-6-13(16)15-11-26-19(21-15)22-17(23)8-9-20-18(24)14-10-12(14)2/h4-7,11-12,14H,3,8-10H2,1-2H3,(H,20,24)(H,21,22,23). The highest BCUT2D eigenvalue weighted by Gasteiger charge is 2.38. The highest BCUT2D eigenvalue weighted by atomic mass is 32.1. The molecule has 0 aliphatic heterocycles. The molecule has 0 saturated heterocycles. The average Bonchev–Trinajstić information content (AvgIpc) is 3.18. The van der Waals surface area contributed by atoms with Crippen LogP contribution in [0.3, 0.4) is 0 Å². The lowest BCUT2D eigenvalue weighted by molar-refractivity contribution is -0.122. The van der Waals surface area contributed by atoms with E-state index in [1.807, 2.05) is 36.6 Å². The molecular formula is C19H23N3O3S. The number of nitrogens with zero attached hydrogens (tertiary/aromatic N) is 1. The van der Waals surface area contributed by atoms with Crippen molar-refractivity contribution in [3.8, 4) is 17.0 Å². The van der Waals surface area contributed by atoms with Gasteiger partial charge >= 0.3 is 0 Å². The van der Waals surface area contributed by atoms with Crippen molar-refractivity contribution >= 4 is 28.3 Å². The molecule has 138 valence electrons. The highest BCUT2D eigenvalue weighted by molar-refractivity contribution is 7.14. The lowest BCUT2D eigenvalue weighted by Gasteiger charge is -2.07. The summed E-state index contributed by atoms with van der Waals surface area (Å²) in [4.78, 5) is 28.2. The molecule has 26 heavy (non-hydrogen) atoms. The lowest BCUT2D eigenvalue weighted by atomic mass is 10.1. The normalized spacial score (nSPS) is 18.2. The van der Waals surface area contributed by atoms with Gasteiger partial charge < -0.3 is 15.4 Å². The van der Waals surface area contributed by atoms with Crippen LogP contribution in [0.4, 0.5) is 5.13 Å². The summed E-state index contributed by atoms with van der Waals surface area (Å²) in [5.74, 6) is 1.26. The summed E-state index contributed by atoms with van der Waals surface area (Å²) in [6.45, 7) is 4.92. The van der Waals surface area contributed by atoms with E-state index < -0.39 is 0 Å². The van der Waals surface area contributed by atoms with Gasteiger partial charge in [-0.15, -0.1) is 11.3 Å². The summed E-state index contributed by atoms with van der Waals surface area (Å²) in [6.07, 6.45) is 1.18. The Bertz CT molecular complexity index is 790. The Labute approximate surface area is 157 Å². The Morgan fingerprint density at radius 1 is 1.35 bits per heavy atom. The van der Waals surface area contributed by atoms with Crippen molar-refractivity contribution < 1.29 is 14.3 Å². The molecular weight excluding hydrogens is 350 g/mol. The molecule has 1 aromatic carbocycles. The number of anilines is 1. The van der Waals surface area contributed by atoms with Gasteiger partial charge in [-0.3, -0.25) is 9.59 Å². The van der Waals surface area contributed by atoms with Crippen LogP contribution in [0.1, 0.15) is 26.7 Å². The Kier molecular flexibility index (Phi) is 5.88. The quantitative estimate of drug-likeness (QED) is 0.744. The zero-order chi connectivity index (χ0) is 18.5. The first kappa shape index (κ1) is 18.4. The fourth-order valence-electron chi connectivity index (χ4n) is 2.71. The first-order valence-electron chi connectivity index (χ1n) is 8.83. The fourth-order valence-corrected chi connectivity index (χ4v) is 3.44. The molecule has 0 bridgehead atoms. The molecule has 0 radical (unpaired) electrons. The van der Waals surface area contributed by atoms with Gasteiger partial charge in [-0.2, -0.15) is 0 Å². The SMILES string of the molecule is CCOc1ccccc1-c1csc(NC(=O)CCNC(=O)C2CC2C)n1. The third-order valence-corrected chi connectivity index (χ3v) is 5.07. The number of thiazole rings is 1. The van der Waals surface area contributed by atoms with Crippen molar-refractivity contribution in [3.63, 3.8) is 0 Å². The van der Waals surface area contributed by atoms with Crippen LogP contribution in [0.15, 0.2) is 29.6 Å². The van der Waals surface area contributed by atoms with E-state index in [2.05, 4.69) is 22.5 Å². The fraction of sp³-hybridized carbons (Fsp3) is 0.421. The summed E-state index contributed by atoms with van der Waals surface area (Å²) in [7, 11) is 0. The van der Waals surface area contributed by atoms with Gasteiger partial charge in [0.25, 0.3) is 0 Å². The Morgan fingerprint density at radius 3 is 2.85 bits per heavy atom. The van der Waals surface area contributed by atoms with Gasteiger partial charge in [-0.25, -0.2) is 4.98 Å². The molecule has 2 N–H and O–H groups in total. The Hall–Kier alpha value is -2.41. The average molecular weight is 373 g/mol. The topological polar surface area (TPSA) is 80.3 Å². The molecule has 0 spiro atoms. The lowest BCUT2D eigenvalue weighted by Crippen LogP contribution is -2.29. The van der Waals surface area contributed by atoms with Crippen molar-refractivity contribution in [1.29, 1.82) is 0 Å². The number of carbonyl (C=O) groups excluding carboxylic acids is 2. The molecule has 1 heterocycles. The molecule has 6 nitrogen and oxygen atoms in total. The number of para-hydroxylation sites is 1. The van der Waals surface area contributed by atoms with Crippen molar-refractivity contribution in [2.24, 2.45) is 11.8 Å². The van der Waals surface area contributed by atoms with E-state index in [-0.39, 0.29) is 24.2 Å². The van der Waals surface area contributed by atoms with Gasteiger partial charge in [0.2, 0.25) is 11.8 Å². The van der Waals surface area contributed by atoms with Crippen molar-refractivity contribution in [1.82, 2.24) is 10.3 Å². The molecule has 1 aliphatic rings. The van der Waals surface area contributed by atoms with Crippen LogP contribution in [-0.4, -0.2) is 29.9 Å². The number of rotatable bonds is 8. The first-order chi connectivity index (χ1) is 12.6. The summed E-state index contributed by atoms with van der Waals surface area (Å²) in [5, 5.41) is 8.03. The second-order valence-corrected chi connectivity index (χ2v) is 7.23. The molecule has 7 heteroatoms. The number of nitrogens with one attached hydrogen (secondary N) is 2. The van der Waals surface area contributed by atoms with Crippen molar-refractivity contribution in [3.05, 3.63) is 29.6 Å². The summed E-state index contributed by atoms with van der Waals surface area (Å²) in [5.41, 5.74) is 1.67. The molecule has 1 saturated carbocycles. The van der Waals surface area contributed by atoms with Crippen molar-refractivity contribution in [2.45, 2.75) is 26.7 Å². The van der Waals surface area contributed by atoms with E-state index in [0.29, 0.717) is 24.2 Å². The smallest absolute Gasteiger partial charge is 0.227 e. The van der Waals surface area contributed by atoms with Crippen LogP contribution >= 0.6 is 11.3 Å². The minimum absolute atomic E-state index is 0.0503. The third-order valence-electron chi connectivity index (χ3n) is 4.31. The van der Waals surface area contributed by atoms with Crippen molar-refractivity contribution in [2.75, 3.05) is 18.5 Å². The monoisotopic (exact) mass is 373 g/mol. The van der Waals surface area contributed by atoms with Gasteiger partial charge in [0, 0.05) is 29.8 Å². The predicted molar refractivity (Wildman–Crippen MR) is 102 cm³/mol. The molecule has 1 aliphatic carbocycles. The second kappa shape index (κ2) is 8.31. The molecule has 2 amide bonds. The summed E-state index contributed by atoms with van der Waals surface area (Å²) >= 11 is 1.37. The minimum atomic E-state index is -0.159. The van der Waals surface area contributed by atoms with Crippen LogP contribution < -0.4 is 15.4 Å². The molecule has 3 rings (SSSR count). The highest BCUT2D eigenvalue weighted by Crippen LogP contribution is 2.37. The number of carbonyl (C=O) groups is 2. The molecule has 2 unspecified atom stereocenters. The molecule has 2 atom stereocenters. The van der Waals surface area contributed by atoms with Gasteiger partial charge in [-0.1, -0.05) is 19.1 Å². The number of hydrogen-bond donors (Lipinski definition) is 2. The molecule has 1 fully saturated rings. The van der Waals surface area contributed by atoms with Crippen LogP contribution in [0, 0.1) is 11.8 Å². The van der Waals surface area contributed by atoms with Crippen LogP contribution in [-0.2, 0) is 9.59 Å². The van der Waals surface area contributed by atoms with Crippen LogP contribution in [0.5, 0.6) is 5.75 Å². The van der Waals surface area contributed by atoms with E-state index in [0.717, 1.165) is 23.4 Å². The molecule has 2 aromatic rings. The number of amides is 2. The Balaban J connectivity index is 1.52. The van der Waals surface area contributed by atoms with Gasteiger partial charge in [0.15, 0.2) is 5.13 Å². The summed E-state index contributed by atoms with van der Waals surface area (Å²) < 4.78 is 5.63. The zero-order valence-corrected chi connectivity index (χ0v) is 15.8. The maximum absolute atomic E-state index is 12.0. The summed E-state index contributed by atoms with van der Waals surface area (Å²) in [6, 6.07) is 7.69. The van der Waals surface area contributed by atoms with E-state index in [1.165, 1.54) is 11.3 Å². The van der Waals surface area contributed by atoms with E-state index in [4.69, 9.17) is 4.74 Å². The van der Waals surface area contributed by atoms with E-state index in [9.17, 15) is 9.59 Å². The molecule has 1 aromatic heterocycles. The minimum Gasteiger partial charge on any atom is -0.493 e. The second-order valence-electron chi connectivity index (χ2n) is 6.38.